The van der Waals surface area contributed by atoms with Crippen LogP contribution in [0.1, 0.15) is 17.2 Å². The summed E-state index contributed by atoms with van der Waals surface area (Å²) >= 11 is 7.65. The second-order valence-corrected chi connectivity index (χ2v) is 5.21. The highest BCUT2D eigenvalue weighted by Gasteiger charge is 2.19. The molecule has 2 rings (SSSR count). The molecular weight excluding hydrogens is 230 g/mol. The minimum absolute atomic E-state index is 0.139. The molecule has 1 fully saturated rings. The van der Waals surface area contributed by atoms with Crippen molar-refractivity contribution in [3.8, 4) is 0 Å². The predicted molar refractivity (Wildman–Crippen MR) is 64.3 cm³/mol. The largest absolute Gasteiger partial charge is 0.355 e. The SMILES string of the molecule is O=C1C[C@@H](c2ccc(Cl)cc2)SCCN1. The zero-order valence-electron chi connectivity index (χ0n) is 8.20. The van der Waals surface area contributed by atoms with Crippen LogP contribution in [0.5, 0.6) is 0 Å². The summed E-state index contributed by atoms with van der Waals surface area (Å²) in [6.45, 7) is 0.771. The fourth-order valence-corrected chi connectivity index (χ4v) is 2.83. The van der Waals surface area contributed by atoms with E-state index in [2.05, 4.69) is 5.32 Å². The molecule has 15 heavy (non-hydrogen) atoms. The lowest BCUT2D eigenvalue weighted by molar-refractivity contribution is -0.120. The first kappa shape index (κ1) is 10.8. The fourth-order valence-electron chi connectivity index (χ4n) is 1.58. The second-order valence-electron chi connectivity index (χ2n) is 3.47. The van der Waals surface area contributed by atoms with Gasteiger partial charge in [-0.05, 0) is 17.7 Å². The van der Waals surface area contributed by atoms with Crippen LogP contribution >= 0.6 is 23.4 Å². The fraction of sp³-hybridized carbons (Fsp3) is 0.364. The Morgan fingerprint density at radius 3 is 2.80 bits per heavy atom. The van der Waals surface area contributed by atoms with Crippen molar-refractivity contribution in [3.05, 3.63) is 34.9 Å². The number of hydrogen-bond acceptors (Lipinski definition) is 2. The van der Waals surface area contributed by atoms with Crippen molar-refractivity contribution in [3.63, 3.8) is 0 Å². The van der Waals surface area contributed by atoms with Gasteiger partial charge < -0.3 is 5.32 Å². The van der Waals surface area contributed by atoms with Crippen molar-refractivity contribution in [1.82, 2.24) is 5.32 Å². The van der Waals surface area contributed by atoms with Crippen molar-refractivity contribution < 1.29 is 4.79 Å². The van der Waals surface area contributed by atoms with Crippen LogP contribution in [0, 0.1) is 0 Å². The summed E-state index contributed by atoms with van der Waals surface area (Å²) in [5, 5.41) is 3.88. The number of carbonyl (C=O) groups excluding carboxylic acids is 1. The molecule has 1 aliphatic rings. The number of nitrogens with one attached hydrogen (secondary N) is 1. The van der Waals surface area contributed by atoms with Gasteiger partial charge in [0.2, 0.25) is 5.91 Å². The molecule has 2 nitrogen and oxygen atoms in total. The van der Waals surface area contributed by atoms with E-state index in [9.17, 15) is 4.79 Å². The molecule has 1 aliphatic heterocycles. The molecule has 1 heterocycles. The van der Waals surface area contributed by atoms with E-state index in [1.165, 1.54) is 5.56 Å². The number of benzene rings is 1. The van der Waals surface area contributed by atoms with Crippen LogP contribution in [0.25, 0.3) is 0 Å². The van der Waals surface area contributed by atoms with E-state index in [0.29, 0.717) is 6.42 Å². The van der Waals surface area contributed by atoms with E-state index < -0.39 is 0 Å². The van der Waals surface area contributed by atoms with Crippen molar-refractivity contribution in [2.75, 3.05) is 12.3 Å². The quantitative estimate of drug-likeness (QED) is 0.819. The standard InChI is InChI=1S/C11H12ClNOS/c12-9-3-1-8(2-4-9)10-7-11(14)13-5-6-15-10/h1-4,10H,5-7H2,(H,13,14)/t10-/m0/s1. The zero-order valence-corrected chi connectivity index (χ0v) is 9.77. The van der Waals surface area contributed by atoms with Crippen molar-refractivity contribution in [1.29, 1.82) is 0 Å². The van der Waals surface area contributed by atoms with Gasteiger partial charge in [0, 0.05) is 29.0 Å². The smallest absolute Gasteiger partial charge is 0.221 e. The Labute approximate surface area is 98.4 Å². The maximum atomic E-state index is 11.4. The maximum Gasteiger partial charge on any atom is 0.221 e. The van der Waals surface area contributed by atoms with Crippen LogP contribution in [0.15, 0.2) is 24.3 Å². The van der Waals surface area contributed by atoms with Crippen LogP contribution < -0.4 is 5.32 Å². The van der Waals surface area contributed by atoms with Crippen LogP contribution in [0.2, 0.25) is 5.02 Å². The molecule has 0 bridgehead atoms. The lowest BCUT2D eigenvalue weighted by Crippen LogP contribution is -2.23. The normalized spacial score (nSPS) is 21.9. The summed E-state index contributed by atoms with van der Waals surface area (Å²) in [6, 6.07) is 7.75. The molecule has 0 aliphatic carbocycles. The van der Waals surface area contributed by atoms with Crippen molar-refractivity contribution >= 4 is 29.3 Å². The van der Waals surface area contributed by atoms with E-state index in [0.717, 1.165) is 17.3 Å². The molecular formula is C11H12ClNOS. The summed E-state index contributed by atoms with van der Waals surface area (Å²) in [5.74, 6) is 1.11. The van der Waals surface area contributed by atoms with Crippen molar-refractivity contribution in [2.45, 2.75) is 11.7 Å². The number of thioether (sulfide) groups is 1. The lowest BCUT2D eigenvalue weighted by Gasteiger charge is -2.12. The number of amides is 1. The Morgan fingerprint density at radius 2 is 2.07 bits per heavy atom. The lowest BCUT2D eigenvalue weighted by atomic mass is 10.1. The Morgan fingerprint density at radius 1 is 1.33 bits per heavy atom. The van der Waals surface area contributed by atoms with Gasteiger partial charge >= 0.3 is 0 Å². The molecule has 1 atom stereocenters. The van der Waals surface area contributed by atoms with Crippen molar-refractivity contribution in [2.24, 2.45) is 0 Å². The monoisotopic (exact) mass is 241 g/mol. The van der Waals surface area contributed by atoms with Crippen LogP contribution in [0.3, 0.4) is 0 Å². The first-order chi connectivity index (χ1) is 7.25. The summed E-state index contributed by atoms with van der Waals surface area (Å²) in [6.07, 6.45) is 0.562. The molecule has 0 radical (unpaired) electrons. The first-order valence-corrected chi connectivity index (χ1v) is 6.32. The highest BCUT2D eigenvalue weighted by molar-refractivity contribution is 7.99. The molecule has 1 aromatic carbocycles. The van der Waals surface area contributed by atoms with Gasteiger partial charge in [-0.25, -0.2) is 0 Å². The van der Waals surface area contributed by atoms with Gasteiger partial charge in [0.1, 0.15) is 0 Å². The molecule has 0 unspecified atom stereocenters. The van der Waals surface area contributed by atoms with E-state index in [-0.39, 0.29) is 11.2 Å². The molecule has 1 amide bonds. The molecule has 4 heteroatoms. The van der Waals surface area contributed by atoms with Gasteiger partial charge in [-0.15, -0.1) is 0 Å². The van der Waals surface area contributed by atoms with Gasteiger partial charge in [-0.1, -0.05) is 23.7 Å². The van der Waals surface area contributed by atoms with E-state index in [1.807, 2.05) is 36.0 Å². The van der Waals surface area contributed by atoms with Gasteiger partial charge in [0.05, 0.1) is 0 Å². The third kappa shape index (κ3) is 2.89. The van der Waals surface area contributed by atoms with Crippen LogP contribution in [0.4, 0.5) is 0 Å². The number of halogens is 1. The first-order valence-electron chi connectivity index (χ1n) is 4.89. The number of carbonyl (C=O) groups is 1. The van der Waals surface area contributed by atoms with E-state index in [1.54, 1.807) is 0 Å². The maximum absolute atomic E-state index is 11.4. The Balaban J connectivity index is 2.14. The molecule has 0 saturated carbocycles. The third-order valence-electron chi connectivity index (χ3n) is 2.36. The minimum atomic E-state index is 0.139. The summed E-state index contributed by atoms with van der Waals surface area (Å²) in [5.41, 5.74) is 1.18. The average Bonchev–Trinajstić information content (AvgIpc) is 2.44. The molecule has 1 aromatic rings. The Bertz CT molecular complexity index is 352. The molecule has 1 saturated heterocycles. The number of rotatable bonds is 1. The Kier molecular flexibility index (Phi) is 3.54. The van der Waals surface area contributed by atoms with Crippen LogP contribution in [-0.2, 0) is 4.79 Å². The van der Waals surface area contributed by atoms with E-state index >= 15 is 0 Å². The van der Waals surface area contributed by atoms with E-state index in [4.69, 9.17) is 11.6 Å². The average molecular weight is 242 g/mol. The molecule has 80 valence electrons. The number of hydrogen-bond donors (Lipinski definition) is 1. The highest BCUT2D eigenvalue weighted by atomic mass is 35.5. The van der Waals surface area contributed by atoms with Gasteiger partial charge in [-0.2, -0.15) is 11.8 Å². The second kappa shape index (κ2) is 4.90. The predicted octanol–water partition coefficient (Wildman–Crippen LogP) is 2.63. The Hall–Kier alpha value is -0.670. The highest BCUT2D eigenvalue weighted by Crippen LogP contribution is 2.33. The molecule has 0 spiro atoms. The van der Waals surface area contributed by atoms with Gasteiger partial charge in [0.15, 0.2) is 0 Å². The third-order valence-corrected chi connectivity index (χ3v) is 3.89. The summed E-state index contributed by atoms with van der Waals surface area (Å²) in [7, 11) is 0. The summed E-state index contributed by atoms with van der Waals surface area (Å²) in [4.78, 5) is 11.4. The topological polar surface area (TPSA) is 29.1 Å². The minimum Gasteiger partial charge on any atom is -0.355 e. The zero-order chi connectivity index (χ0) is 10.7. The molecule has 0 aromatic heterocycles. The summed E-state index contributed by atoms with van der Waals surface area (Å²) < 4.78 is 0. The molecule has 1 N–H and O–H groups in total. The van der Waals surface area contributed by atoms with Gasteiger partial charge in [0.25, 0.3) is 0 Å². The van der Waals surface area contributed by atoms with Gasteiger partial charge in [-0.3, -0.25) is 4.79 Å². The van der Waals surface area contributed by atoms with Crippen LogP contribution in [-0.4, -0.2) is 18.2 Å².